The van der Waals surface area contributed by atoms with E-state index in [-0.39, 0.29) is 0 Å². The lowest BCUT2D eigenvalue weighted by atomic mass is 10.1. The molecule has 7 rings (SSSR count). The third-order valence-electron chi connectivity index (χ3n) is 7.11. The Morgan fingerprint density at radius 1 is 0.943 bits per heavy atom. The van der Waals surface area contributed by atoms with Gasteiger partial charge in [-0.25, -0.2) is 19.9 Å². The molecule has 0 bridgehead atoms. The third kappa shape index (κ3) is 4.07. The maximum absolute atomic E-state index is 5.60. The van der Waals surface area contributed by atoms with E-state index in [4.69, 9.17) is 24.4 Å². The Morgan fingerprint density at radius 3 is 2.57 bits per heavy atom. The van der Waals surface area contributed by atoms with E-state index in [0.29, 0.717) is 25.1 Å². The van der Waals surface area contributed by atoms with Gasteiger partial charge in [0.15, 0.2) is 11.6 Å². The van der Waals surface area contributed by atoms with Gasteiger partial charge in [-0.1, -0.05) is 17.4 Å². The lowest BCUT2D eigenvalue weighted by Crippen LogP contribution is -2.60. The van der Waals surface area contributed by atoms with E-state index in [1.165, 1.54) is 0 Å². The molecule has 0 radical (unpaired) electrons. The number of hydrogen-bond donors (Lipinski definition) is 0. The second-order valence-corrected chi connectivity index (χ2v) is 10.4. The van der Waals surface area contributed by atoms with Gasteiger partial charge in [0.05, 0.1) is 38.7 Å². The first kappa shape index (κ1) is 21.6. The average Bonchev–Trinajstić information content (AvgIpc) is 3.53. The molecule has 0 saturated carbocycles. The summed E-state index contributed by atoms with van der Waals surface area (Å²) < 4.78 is 13.1. The molecule has 0 amide bonds. The zero-order chi connectivity index (χ0) is 23.2. The van der Waals surface area contributed by atoms with E-state index in [9.17, 15) is 0 Å². The Hall–Kier alpha value is -2.70. The molecule has 3 aliphatic rings. The molecule has 0 atom stereocenters. The van der Waals surface area contributed by atoms with Gasteiger partial charge in [-0.3, -0.25) is 14.2 Å². The summed E-state index contributed by atoms with van der Waals surface area (Å²) in [4.78, 5) is 27.8. The standard InChI is InChI=1S/C24H28N8O2S/c1-2-18(32-5-4-25-19(32)3-1)22-27-23(31-8-12-34-13-9-31)21-24(28-22)35-20(26-21)16-29-14-17(15-29)30-6-10-33-11-7-30/h1-5,17H,6-16H2. The van der Waals surface area contributed by atoms with Crippen LogP contribution < -0.4 is 4.90 Å². The largest absolute Gasteiger partial charge is 0.379 e. The fourth-order valence-corrected chi connectivity index (χ4v) is 6.17. The van der Waals surface area contributed by atoms with Crippen molar-refractivity contribution in [1.82, 2.24) is 34.1 Å². The van der Waals surface area contributed by atoms with Crippen LogP contribution in [-0.2, 0) is 16.0 Å². The van der Waals surface area contributed by atoms with Crippen molar-refractivity contribution in [1.29, 1.82) is 0 Å². The van der Waals surface area contributed by atoms with Crippen LogP contribution in [0.4, 0.5) is 5.82 Å². The molecule has 0 aromatic carbocycles. The second-order valence-electron chi connectivity index (χ2n) is 9.29. The van der Waals surface area contributed by atoms with Crippen LogP contribution in [0, 0.1) is 0 Å². The molecule has 4 aromatic rings. The molecule has 3 aliphatic heterocycles. The summed E-state index contributed by atoms with van der Waals surface area (Å²) >= 11 is 1.69. The minimum atomic E-state index is 0.638. The monoisotopic (exact) mass is 492 g/mol. The quantitative estimate of drug-likeness (QED) is 0.414. The number of thiazole rings is 1. The van der Waals surface area contributed by atoms with Gasteiger partial charge >= 0.3 is 0 Å². The minimum absolute atomic E-state index is 0.638. The fraction of sp³-hybridized carbons (Fsp3) is 0.500. The Bertz CT molecular complexity index is 1340. The minimum Gasteiger partial charge on any atom is -0.379 e. The topological polar surface area (TPSA) is 84.2 Å². The van der Waals surface area contributed by atoms with Crippen molar-refractivity contribution >= 4 is 33.1 Å². The van der Waals surface area contributed by atoms with Gasteiger partial charge in [0.1, 0.15) is 21.0 Å². The van der Waals surface area contributed by atoms with Gasteiger partial charge in [-0.05, 0) is 12.1 Å². The average molecular weight is 493 g/mol. The van der Waals surface area contributed by atoms with Crippen molar-refractivity contribution in [2.75, 3.05) is 70.6 Å². The van der Waals surface area contributed by atoms with Crippen LogP contribution in [0.3, 0.4) is 0 Å². The van der Waals surface area contributed by atoms with Gasteiger partial charge < -0.3 is 14.4 Å². The van der Waals surface area contributed by atoms with E-state index in [1.807, 2.05) is 35.0 Å². The molecule has 11 heteroatoms. The lowest BCUT2D eigenvalue weighted by Gasteiger charge is -2.46. The van der Waals surface area contributed by atoms with Gasteiger partial charge in [-0.2, -0.15) is 0 Å². The molecule has 10 nitrogen and oxygen atoms in total. The SMILES string of the molecule is c1cc(-c2nc(N3CCOCC3)c3nc(CN4CC(N5CCOCC5)C4)sc3n2)n2ccnc2c1. The Morgan fingerprint density at radius 2 is 1.74 bits per heavy atom. The van der Waals surface area contributed by atoms with Crippen molar-refractivity contribution in [3.63, 3.8) is 0 Å². The number of pyridine rings is 1. The Balaban J connectivity index is 1.20. The predicted octanol–water partition coefficient (Wildman–Crippen LogP) is 1.75. The van der Waals surface area contributed by atoms with Crippen molar-refractivity contribution in [2.45, 2.75) is 12.6 Å². The molecule has 7 heterocycles. The third-order valence-corrected chi connectivity index (χ3v) is 8.05. The number of aromatic nitrogens is 5. The van der Waals surface area contributed by atoms with Gasteiger partial charge in [0, 0.05) is 57.7 Å². The van der Waals surface area contributed by atoms with Crippen LogP contribution in [-0.4, -0.2) is 106 Å². The number of hydrogen-bond acceptors (Lipinski definition) is 10. The van der Waals surface area contributed by atoms with Crippen molar-refractivity contribution in [3.8, 4) is 11.5 Å². The maximum Gasteiger partial charge on any atom is 0.180 e. The van der Waals surface area contributed by atoms with Gasteiger partial charge in [0.25, 0.3) is 0 Å². The van der Waals surface area contributed by atoms with Crippen molar-refractivity contribution in [3.05, 3.63) is 35.6 Å². The summed E-state index contributed by atoms with van der Waals surface area (Å²) in [5.74, 6) is 1.61. The number of anilines is 1. The number of ether oxygens (including phenoxy) is 2. The van der Waals surface area contributed by atoms with E-state index in [2.05, 4.69) is 19.7 Å². The van der Waals surface area contributed by atoms with Crippen molar-refractivity contribution < 1.29 is 9.47 Å². The van der Waals surface area contributed by atoms with E-state index < -0.39 is 0 Å². The highest BCUT2D eigenvalue weighted by molar-refractivity contribution is 7.18. The Labute approximate surface area is 207 Å². The molecule has 0 aliphatic carbocycles. The molecule has 0 unspecified atom stereocenters. The number of imidazole rings is 1. The predicted molar refractivity (Wildman–Crippen MR) is 134 cm³/mol. The lowest BCUT2D eigenvalue weighted by molar-refractivity contribution is -0.0344. The summed E-state index contributed by atoms with van der Waals surface area (Å²) in [7, 11) is 0. The van der Waals surface area contributed by atoms with Crippen molar-refractivity contribution in [2.24, 2.45) is 0 Å². The van der Waals surface area contributed by atoms with Crippen LogP contribution in [0.1, 0.15) is 5.01 Å². The summed E-state index contributed by atoms with van der Waals surface area (Å²) in [6.07, 6.45) is 3.77. The van der Waals surface area contributed by atoms with E-state index >= 15 is 0 Å². The number of rotatable bonds is 5. The fourth-order valence-electron chi connectivity index (χ4n) is 5.20. The highest BCUT2D eigenvalue weighted by Crippen LogP contribution is 2.32. The highest BCUT2D eigenvalue weighted by atomic mass is 32.1. The summed E-state index contributed by atoms with van der Waals surface area (Å²) in [6, 6.07) is 6.69. The second kappa shape index (κ2) is 9.07. The molecule has 3 saturated heterocycles. The Kier molecular flexibility index (Phi) is 5.59. The first-order chi connectivity index (χ1) is 17.3. The molecule has 182 valence electrons. The van der Waals surface area contributed by atoms with Crippen LogP contribution in [0.15, 0.2) is 30.6 Å². The maximum atomic E-state index is 5.60. The van der Waals surface area contributed by atoms with Crippen LogP contribution in [0.5, 0.6) is 0 Å². The number of nitrogens with zero attached hydrogens (tertiary/aromatic N) is 8. The smallest absolute Gasteiger partial charge is 0.180 e. The molecular formula is C24H28N8O2S. The van der Waals surface area contributed by atoms with E-state index in [0.717, 1.165) is 91.5 Å². The van der Waals surface area contributed by atoms with Gasteiger partial charge in [0.2, 0.25) is 0 Å². The first-order valence-electron chi connectivity index (χ1n) is 12.3. The number of fused-ring (bicyclic) bond motifs is 2. The molecule has 3 fully saturated rings. The molecule has 35 heavy (non-hydrogen) atoms. The van der Waals surface area contributed by atoms with E-state index in [1.54, 1.807) is 11.3 Å². The summed E-state index contributed by atoms with van der Waals surface area (Å²) in [6.45, 7) is 9.85. The summed E-state index contributed by atoms with van der Waals surface area (Å²) in [5.41, 5.74) is 2.72. The number of morpholine rings is 2. The summed E-state index contributed by atoms with van der Waals surface area (Å²) in [5, 5.41) is 1.10. The highest BCUT2D eigenvalue weighted by Gasteiger charge is 2.33. The molecule has 4 aromatic heterocycles. The normalized spacial score (nSPS) is 20.6. The molecule has 0 spiro atoms. The van der Waals surface area contributed by atoms with Crippen LogP contribution in [0.2, 0.25) is 0 Å². The van der Waals surface area contributed by atoms with Gasteiger partial charge in [-0.15, -0.1) is 0 Å². The van der Waals surface area contributed by atoms with Crippen LogP contribution in [0.25, 0.3) is 27.5 Å². The zero-order valence-electron chi connectivity index (χ0n) is 19.5. The zero-order valence-corrected chi connectivity index (χ0v) is 20.4. The van der Waals surface area contributed by atoms with Crippen LogP contribution >= 0.6 is 11.3 Å². The first-order valence-corrected chi connectivity index (χ1v) is 13.1. The molecular weight excluding hydrogens is 464 g/mol. The number of likely N-dealkylation sites (tertiary alicyclic amines) is 1. The molecule has 0 N–H and O–H groups in total.